The third-order valence-corrected chi connectivity index (χ3v) is 8.80. The smallest absolute Gasteiger partial charge is 0.214 e. The normalized spacial score (nSPS) is 19.0. The van der Waals surface area contributed by atoms with Gasteiger partial charge in [-0.3, -0.25) is 0 Å². The molecular weight excluding hydrogens is 1070 g/mol. The van der Waals surface area contributed by atoms with E-state index in [9.17, 15) is 184 Å². The Balaban J connectivity index is 8.48. The van der Waals surface area contributed by atoms with Crippen LogP contribution >= 0.6 is 11.8 Å². The van der Waals surface area contributed by atoms with Crippen molar-refractivity contribution in [2.24, 2.45) is 0 Å². The van der Waals surface area contributed by atoms with Crippen LogP contribution in [0.25, 0.3) is 0 Å². The second kappa shape index (κ2) is 14.5. The Morgan fingerprint density at radius 2 is 0.238 bits per heavy atom. The molecule has 0 amide bonds. The van der Waals surface area contributed by atoms with E-state index in [0.717, 1.165) is 0 Å². The van der Waals surface area contributed by atoms with Gasteiger partial charge in [0.1, 0.15) is 0 Å². The first-order chi connectivity index (χ1) is 26.2. The van der Waals surface area contributed by atoms with Gasteiger partial charge in [-0.1, -0.05) is 0 Å². The number of rotatable bonds is 16. The van der Waals surface area contributed by atoms with Crippen molar-refractivity contribution in [3.63, 3.8) is 0 Å². The zero-order valence-electron chi connectivity index (χ0n) is 26.3. The van der Waals surface area contributed by atoms with Crippen LogP contribution in [0.1, 0.15) is 0 Å². The van der Waals surface area contributed by atoms with Crippen molar-refractivity contribution in [3.8, 4) is 0 Å². The van der Waals surface area contributed by atoms with Gasteiger partial charge < -0.3 is 0 Å². The molecule has 0 aliphatic rings. The summed E-state index contributed by atoms with van der Waals surface area (Å²) in [7, 11) is 0. The molecule has 0 saturated heterocycles. The monoisotopic (exact) mass is 1070 g/mol. The van der Waals surface area contributed by atoms with E-state index in [1.165, 1.54) is 0 Å². The lowest BCUT2D eigenvalue weighted by Crippen LogP contribution is -2.78. The minimum atomic E-state index is -10.5. The molecule has 380 valence electrons. The standard InChI is InChI=1S/C20F42S/c21-1(22,5(29,30)9(37,38)13(45,46)17(51,52)53)3(25,26)7(33,34)11(41,42)15(49,19(57,58)59)63-16(50,20(60,61)62)12(43,44)8(35,36)4(27,28)2(23,24)6(31,32)10(39,40)14(47,48)18(54,55)56. The van der Waals surface area contributed by atoms with Crippen LogP contribution in [0.3, 0.4) is 0 Å². The van der Waals surface area contributed by atoms with E-state index in [1.807, 2.05) is 0 Å². The van der Waals surface area contributed by atoms with Gasteiger partial charge in [-0.25, -0.2) is 8.78 Å². The van der Waals surface area contributed by atoms with Crippen LogP contribution < -0.4 is 0 Å². The Kier molecular flexibility index (Phi) is 13.9. The summed E-state index contributed by atoms with van der Waals surface area (Å²) in [6.07, 6.45) is -36.5. The number of hydrogen-bond donors (Lipinski definition) is 0. The summed E-state index contributed by atoms with van der Waals surface area (Å²) in [5.41, 5.74) is 0. The van der Waals surface area contributed by atoms with Gasteiger partial charge in [0.25, 0.3) is 0 Å². The third kappa shape index (κ3) is 7.16. The maximum absolute atomic E-state index is 14.8. The summed E-state index contributed by atoms with van der Waals surface area (Å²) in [6, 6.07) is 0. The van der Waals surface area contributed by atoms with Crippen LogP contribution in [0.15, 0.2) is 0 Å². The average Bonchev–Trinajstić information content (AvgIpc) is 3.00. The Morgan fingerprint density at radius 1 is 0.127 bits per heavy atom. The van der Waals surface area contributed by atoms with Crippen molar-refractivity contribution in [3.05, 3.63) is 0 Å². The SMILES string of the molecule is FC(F)(F)C(F)(F)C(F)(F)C(F)(F)C(F)(F)C(F)(F)C(F)(F)C(F)(F)C(F)(SC(F)(C(F)(F)F)C(F)(F)C(F)(F)C(F)(F)C(F)(F)C(F)(F)C(F)(F)C(F)(F)C(F)(F)F)C(F)(F)F. The fraction of sp³-hybridized carbons (Fsp3) is 1.00. The van der Waals surface area contributed by atoms with E-state index in [4.69, 9.17) is 0 Å². The maximum Gasteiger partial charge on any atom is 0.460 e. The van der Waals surface area contributed by atoms with Gasteiger partial charge in [0.05, 0.1) is 0 Å². The molecule has 63 heavy (non-hydrogen) atoms. The highest BCUT2D eigenvalue weighted by molar-refractivity contribution is 8.02. The molecule has 0 aromatic rings. The number of halogens is 42. The lowest BCUT2D eigenvalue weighted by molar-refractivity contribution is -0.468. The summed E-state index contributed by atoms with van der Waals surface area (Å²) in [4.78, 5) is 0. The van der Waals surface area contributed by atoms with Gasteiger partial charge in [0, 0.05) is 0 Å². The van der Waals surface area contributed by atoms with Crippen molar-refractivity contribution < 1.29 is 184 Å². The molecule has 0 N–H and O–H groups in total. The first-order valence-corrected chi connectivity index (χ1v) is 13.7. The molecule has 0 aliphatic carbocycles. The van der Waals surface area contributed by atoms with Gasteiger partial charge in [-0.2, -0.15) is 176 Å². The molecule has 2 atom stereocenters. The largest absolute Gasteiger partial charge is 0.460 e. The fourth-order valence-electron chi connectivity index (χ4n) is 3.53. The van der Waals surface area contributed by atoms with Gasteiger partial charge >= 0.3 is 118 Å². The highest BCUT2D eigenvalue weighted by Gasteiger charge is 3.01. The molecule has 0 aromatic carbocycles. The van der Waals surface area contributed by atoms with Crippen LogP contribution in [0, 0.1) is 0 Å². The van der Waals surface area contributed by atoms with E-state index in [0.29, 0.717) is 0 Å². The van der Waals surface area contributed by atoms with E-state index in [-0.39, 0.29) is 0 Å². The number of alkyl halides is 42. The molecule has 0 nitrogen and oxygen atoms in total. The molecule has 0 spiro atoms. The molecule has 0 aromatic heterocycles. The molecule has 2 unspecified atom stereocenters. The molecule has 0 fully saturated rings. The minimum Gasteiger partial charge on any atom is -0.214 e. The highest BCUT2D eigenvalue weighted by atomic mass is 32.2. The maximum atomic E-state index is 14.8. The predicted octanol–water partition coefficient (Wildman–Crippen LogP) is 14.2. The molecular formula is C20F42S. The zero-order chi connectivity index (χ0) is 52.7. The molecule has 43 heteroatoms. The summed E-state index contributed by atoms with van der Waals surface area (Å²) < 4.78 is 566. The topological polar surface area (TPSA) is 0 Å². The Morgan fingerprint density at radius 3 is 0.349 bits per heavy atom. The van der Waals surface area contributed by atoms with Crippen LogP contribution in [0.4, 0.5) is 184 Å². The van der Waals surface area contributed by atoms with Crippen molar-refractivity contribution in [2.75, 3.05) is 0 Å². The molecule has 0 heterocycles. The lowest BCUT2D eigenvalue weighted by atomic mass is 9.87. The van der Waals surface area contributed by atoms with E-state index in [2.05, 4.69) is 0 Å². The summed E-state index contributed by atoms with van der Waals surface area (Å²) in [6.45, 7) is 0. The quantitative estimate of drug-likeness (QED) is 0.139. The lowest BCUT2D eigenvalue weighted by Gasteiger charge is -2.48. The van der Waals surface area contributed by atoms with Crippen molar-refractivity contribution in [2.45, 2.75) is 118 Å². The summed E-state index contributed by atoms with van der Waals surface area (Å²) in [5, 5.41) is -20.3. The van der Waals surface area contributed by atoms with Crippen LogP contribution in [0.5, 0.6) is 0 Å². The highest BCUT2D eigenvalue weighted by Crippen LogP contribution is 2.73. The fourth-order valence-corrected chi connectivity index (χ4v) is 4.66. The molecule has 0 saturated carbocycles. The van der Waals surface area contributed by atoms with E-state index < -0.39 is 129 Å². The number of hydrogen-bond acceptors (Lipinski definition) is 1. The van der Waals surface area contributed by atoms with Gasteiger partial charge in [-0.15, -0.1) is 0 Å². The predicted molar refractivity (Wildman–Crippen MR) is 109 cm³/mol. The Labute approximate surface area is 315 Å². The van der Waals surface area contributed by atoms with Crippen LogP contribution in [0.2, 0.25) is 0 Å². The Hall–Kier alpha value is -2.59. The first-order valence-electron chi connectivity index (χ1n) is 12.8. The average molecular weight is 1070 g/mol. The van der Waals surface area contributed by atoms with E-state index in [1.54, 1.807) is 0 Å². The summed E-state index contributed by atoms with van der Waals surface area (Å²) in [5.74, 6) is -141. The third-order valence-electron chi connectivity index (χ3n) is 7.26. The van der Waals surface area contributed by atoms with Crippen LogP contribution in [-0.2, 0) is 0 Å². The minimum absolute atomic E-state index is 6.04. The summed E-state index contributed by atoms with van der Waals surface area (Å²) >= 11 is -6.04. The van der Waals surface area contributed by atoms with Crippen molar-refractivity contribution in [1.82, 2.24) is 0 Å². The van der Waals surface area contributed by atoms with Gasteiger partial charge in [0.2, 0.25) is 0 Å². The van der Waals surface area contributed by atoms with Crippen LogP contribution in [-0.4, -0.2) is 118 Å². The molecule has 0 rings (SSSR count). The second-order valence-electron chi connectivity index (χ2n) is 11.3. The number of thioether (sulfide) groups is 1. The second-order valence-corrected chi connectivity index (χ2v) is 12.7. The Bertz CT molecular complexity index is 1520. The van der Waals surface area contributed by atoms with Crippen molar-refractivity contribution >= 4 is 11.8 Å². The first kappa shape index (κ1) is 60.4. The van der Waals surface area contributed by atoms with Crippen molar-refractivity contribution in [1.29, 1.82) is 0 Å². The molecule has 0 bridgehead atoms. The zero-order valence-corrected chi connectivity index (χ0v) is 27.1. The molecule has 0 radical (unpaired) electrons. The van der Waals surface area contributed by atoms with E-state index >= 15 is 0 Å². The van der Waals surface area contributed by atoms with Gasteiger partial charge in [0.15, 0.2) is 0 Å². The van der Waals surface area contributed by atoms with Gasteiger partial charge in [-0.05, 0) is 11.8 Å². The molecule has 0 aliphatic heterocycles.